The van der Waals surface area contributed by atoms with E-state index in [1.807, 2.05) is 0 Å². The summed E-state index contributed by atoms with van der Waals surface area (Å²) < 4.78 is 13.1. The van der Waals surface area contributed by atoms with E-state index in [0.29, 0.717) is 5.92 Å². The fourth-order valence-corrected chi connectivity index (χ4v) is 1.79. The van der Waals surface area contributed by atoms with Gasteiger partial charge in [-0.1, -0.05) is 0 Å². The van der Waals surface area contributed by atoms with Gasteiger partial charge in [0.1, 0.15) is 6.17 Å². The minimum atomic E-state index is -0.554. The van der Waals surface area contributed by atoms with Gasteiger partial charge in [-0.2, -0.15) is 0 Å². The van der Waals surface area contributed by atoms with Crippen LogP contribution in [0.1, 0.15) is 25.7 Å². The molecule has 0 aromatic rings. The highest BCUT2D eigenvalue weighted by molar-refractivity contribution is 4.93. The summed E-state index contributed by atoms with van der Waals surface area (Å²) in [7, 11) is 0. The van der Waals surface area contributed by atoms with E-state index in [4.69, 9.17) is 0 Å². The van der Waals surface area contributed by atoms with Crippen LogP contribution in [-0.4, -0.2) is 18.8 Å². The standard InChI is InChI=1S/C8H14FN/c9-7-2-1-5-10-8(7)6-3-4-6/h6-8,10H,1-5H2. The van der Waals surface area contributed by atoms with Gasteiger partial charge < -0.3 is 5.32 Å². The van der Waals surface area contributed by atoms with Crippen molar-refractivity contribution >= 4 is 0 Å². The Morgan fingerprint density at radius 2 is 2.00 bits per heavy atom. The lowest BCUT2D eigenvalue weighted by molar-refractivity contribution is 0.184. The van der Waals surface area contributed by atoms with Crippen LogP contribution >= 0.6 is 0 Å². The van der Waals surface area contributed by atoms with Gasteiger partial charge in [-0.25, -0.2) is 4.39 Å². The van der Waals surface area contributed by atoms with Gasteiger partial charge >= 0.3 is 0 Å². The maximum atomic E-state index is 13.1. The van der Waals surface area contributed by atoms with Crippen LogP contribution < -0.4 is 5.32 Å². The first-order valence-electron chi connectivity index (χ1n) is 4.25. The van der Waals surface area contributed by atoms with Crippen LogP contribution in [0.3, 0.4) is 0 Å². The van der Waals surface area contributed by atoms with Crippen molar-refractivity contribution in [3.63, 3.8) is 0 Å². The molecule has 1 aliphatic carbocycles. The molecule has 10 heavy (non-hydrogen) atoms. The number of piperidine rings is 1. The first kappa shape index (κ1) is 6.59. The summed E-state index contributed by atoms with van der Waals surface area (Å²) in [4.78, 5) is 0. The lowest BCUT2D eigenvalue weighted by atomic mass is 9.99. The van der Waals surface area contributed by atoms with E-state index >= 15 is 0 Å². The van der Waals surface area contributed by atoms with Crippen LogP contribution in [0, 0.1) is 5.92 Å². The summed E-state index contributed by atoms with van der Waals surface area (Å²) in [6.45, 7) is 1.03. The molecule has 1 N–H and O–H groups in total. The lowest BCUT2D eigenvalue weighted by Crippen LogP contribution is -2.44. The van der Waals surface area contributed by atoms with Crippen molar-refractivity contribution in [1.82, 2.24) is 5.32 Å². The average Bonchev–Trinajstić information content (AvgIpc) is 2.71. The minimum absolute atomic E-state index is 0.216. The van der Waals surface area contributed by atoms with Crippen LogP contribution in [0.5, 0.6) is 0 Å². The molecule has 1 heterocycles. The maximum Gasteiger partial charge on any atom is 0.116 e. The molecular formula is C8H14FN. The van der Waals surface area contributed by atoms with Gasteiger partial charge in [0, 0.05) is 6.04 Å². The molecule has 2 fully saturated rings. The van der Waals surface area contributed by atoms with E-state index in [1.54, 1.807) is 0 Å². The number of hydrogen-bond donors (Lipinski definition) is 1. The Kier molecular flexibility index (Phi) is 1.65. The zero-order valence-corrected chi connectivity index (χ0v) is 6.15. The predicted molar refractivity (Wildman–Crippen MR) is 38.6 cm³/mol. The fraction of sp³-hybridized carbons (Fsp3) is 1.00. The summed E-state index contributed by atoms with van der Waals surface area (Å²) >= 11 is 0. The SMILES string of the molecule is FC1CCCNC1C1CC1. The quantitative estimate of drug-likeness (QED) is 0.586. The smallest absolute Gasteiger partial charge is 0.116 e. The van der Waals surface area contributed by atoms with Crippen LogP contribution in [0.4, 0.5) is 4.39 Å². The highest BCUT2D eigenvalue weighted by Crippen LogP contribution is 2.36. The first-order valence-corrected chi connectivity index (χ1v) is 4.25. The van der Waals surface area contributed by atoms with E-state index in [1.165, 1.54) is 12.8 Å². The average molecular weight is 143 g/mol. The van der Waals surface area contributed by atoms with Gasteiger partial charge in [0.05, 0.1) is 0 Å². The Hall–Kier alpha value is -0.110. The normalized spacial score (nSPS) is 41.7. The van der Waals surface area contributed by atoms with Crippen molar-refractivity contribution in [2.75, 3.05) is 6.54 Å². The summed E-state index contributed by atoms with van der Waals surface area (Å²) in [5.74, 6) is 0.676. The van der Waals surface area contributed by atoms with Gasteiger partial charge in [-0.15, -0.1) is 0 Å². The third-order valence-corrected chi connectivity index (χ3v) is 2.56. The lowest BCUT2D eigenvalue weighted by Gasteiger charge is -2.26. The third-order valence-electron chi connectivity index (χ3n) is 2.56. The Morgan fingerprint density at radius 3 is 2.60 bits per heavy atom. The van der Waals surface area contributed by atoms with Crippen molar-refractivity contribution in [3.05, 3.63) is 0 Å². The molecule has 0 aromatic heterocycles. The van der Waals surface area contributed by atoms with Gasteiger partial charge in [-0.05, 0) is 38.1 Å². The number of alkyl halides is 1. The van der Waals surface area contributed by atoms with Crippen LogP contribution in [0.25, 0.3) is 0 Å². The molecule has 0 aromatic carbocycles. The van der Waals surface area contributed by atoms with Crippen molar-refractivity contribution in [1.29, 1.82) is 0 Å². The van der Waals surface area contributed by atoms with Crippen molar-refractivity contribution < 1.29 is 4.39 Å². The number of halogens is 1. The Morgan fingerprint density at radius 1 is 1.20 bits per heavy atom. The molecule has 2 atom stereocenters. The summed E-state index contributed by atoms with van der Waals surface area (Å²) in [5.41, 5.74) is 0. The number of rotatable bonds is 1. The molecule has 0 amide bonds. The second-order valence-corrected chi connectivity index (χ2v) is 3.48. The van der Waals surface area contributed by atoms with Gasteiger partial charge in [0.2, 0.25) is 0 Å². The number of nitrogens with one attached hydrogen (secondary N) is 1. The highest BCUT2D eigenvalue weighted by atomic mass is 19.1. The fourth-order valence-electron chi connectivity index (χ4n) is 1.79. The molecule has 2 aliphatic rings. The van der Waals surface area contributed by atoms with Crippen molar-refractivity contribution in [2.45, 2.75) is 37.9 Å². The maximum absolute atomic E-state index is 13.1. The molecule has 1 nitrogen and oxygen atoms in total. The third kappa shape index (κ3) is 1.17. The van der Waals surface area contributed by atoms with Crippen LogP contribution in [0.15, 0.2) is 0 Å². The van der Waals surface area contributed by atoms with Crippen molar-refractivity contribution in [3.8, 4) is 0 Å². The summed E-state index contributed by atoms with van der Waals surface area (Å²) in [5, 5.41) is 3.26. The zero-order chi connectivity index (χ0) is 6.97. The molecule has 58 valence electrons. The molecule has 1 aliphatic heterocycles. The minimum Gasteiger partial charge on any atom is -0.311 e. The largest absolute Gasteiger partial charge is 0.311 e. The van der Waals surface area contributed by atoms with Crippen LogP contribution in [0.2, 0.25) is 0 Å². The Labute approximate surface area is 61.0 Å². The number of hydrogen-bond acceptors (Lipinski definition) is 1. The molecular weight excluding hydrogens is 129 g/mol. The van der Waals surface area contributed by atoms with E-state index in [0.717, 1.165) is 19.4 Å². The van der Waals surface area contributed by atoms with E-state index < -0.39 is 6.17 Å². The Bertz CT molecular complexity index is 122. The molecule has 2 heteroatoms. The molecule has 0 bridgehead atoms. The molecule has 0 radical (unpaired) electrons. The van der Waals surface area contributed by atoms with E-state index in [-0.39, 0.29) is 6.04 Å². The molecule has 0 spiro atoms. The van der Waals surface area contributed by atoms with E-state index in [9.17, 15) is 4.39 Å². The Balaban J connectivity index is 1.90. The van der Waals surface area contributed by atoms with Gasteiger partial charge in [-0.3, -0.25) is 0 Å². The van der Waals surface area contributed by atoms with Crippen molar-refractivity contribution in [2.24, 2.45) is 5.92 Å². The molecule has 2 unspecified atom stereocenters. The van der Waals surface area contributed by atoms with Crippen LogP contribution in [-0.2, 0) is 0 Å². The topological polar surface area (TPSA) is 12.0 Å². The second kappa shape index (κ2) is 2.50. The molecule has 1 saturated carbocycles. The first-order chi connectivity index (χ1) is 4.88. The second-order valence-electron chi connectivity index (χ2n) is 3.48. The summed E-state index contributed by atoms with van der Waals surface area (Å²) in [6, 6.07) is 0.216. The predicted octanol–water partition coefficient (Wildman–Crippen LogP) is 1.49. The molecule has 1 saturated heterocycles. The zero-order valence-electron chi connectivity index (χ0n) is 6.15. The van der Waals surface area contributed by atoms with Gasteiger partial charge in [0.25, 0.3) is 0 Å². The molecule has 2 rings (SSSR count). The highest BCUT2D eigenvalue weighted by Gasteiger charge is 2.37. The van der Waals surface area contributed by atoms with E-state index in [2.05, 4.69) is 5.32 Å². The summed E-state index contributed by atoms with van der Waals surface area (Å²) in [6.07, 6.45) is 3.75. The monoisotopic (exact) mass is 143 g/mol. The van der Waals surface area contributed by atoms with Gasteiger partial charge in [0.15, 0.2) is 0 Å².